The van der Waals surface area contributed by atoms with Crippen molar-refractivity contribution in [3.05, 3.63) is 0 Å². The third-order valence-corrected chi connectivity index (χ3v) is 5.91. The first-order valence-electron chi connectivity index (χ1n) is 8.51. The summed E-state index contributed by atoms with van der Waals surface area (Å²) in [5.74, 6) is 0. The first kappa shape index (κ1) is 14.8. The summed E-state index contributed by atoms with van der Waals surface area (Å²) in [5, 5.41) is 0. The zero-order valence-electron chi connectivity index (χ0n) is 13.2. The van der Waals surface area contributed by atoms with Crippen molar-refractivity contribution >= 4 is 0 Å². The van der Waals surface area contributed by atoms with Crippen molar-refractivity contribution in [2.45, 2.75) is 69.7 Å². The van der Waals surface area contributed by atoms with E-state index in [4.69, 9.17) is 10.5 Å². The summed E-state index contributed by atoms with van der Waals surface area (Å²) in [7, 11) is 0. The molecule has 20 heavy (non-hydrogen) atoms. The second-order valence-electron chi connectivity index (χ2n) is 7.07. The molecule has 3 heterocycles. The summed E-state index contributed by atoms with van der Waals surface area (Å²) in [6.45, 7) is 9.78. The highest BCUT2D eigenvalue weighted by atomic mass is 16.5. The van der Waals surface area contributed by atoms with Gasteiger partial charge in [-0.15, -0.1) is 0 Å². The van der Waals surface area contributed by atoms with Gasteiger partial charge in [-0.2, -0.15) is 0 Å². The van der Waals surface area contributed by atoms with E-state index in [1.807, 2.05) is 0 Å². The number of fused-ring (bicyclic) bond motifs is 1. The van der Waals surface area contributed by atoms with Gasteiger partial charge >= 0.3 is 0 Å². The van der Waals surface area contributed by atoms with Gasteiger partial charge in [0, 0.05) is 37.3 Å². The minimum Gasteiger partial charge on any atom is -0.376 e. The Morgan fingerprint density at radius 1 is 1.35 bits per heavy atom. The van der Waals surface area contributed by atoms with Gasteiger partial charge in [-0.05, 0) is 45.6 Å². The summed E-state index contributed by atoms with van der Waals surface area (Å²) in [5.41, 5.74) is 6.54. The Morgan fingerprint density at radius 2 is 2.20 bits per heavy atom. The molecule has 4 heteroatoms. The smallest absolute Gasteiger partial charge is 0.0675 e. The van der Waals surface area contributed by atoms with Crippen LogP contribution in [0.4, 0.5) is 0 Å². The van der Waals surface area contributed by atoms with Crippen LogP contribution in [0.1, 0.15) is 46.0 Å². The second-order valence-corrected chi connectivity index (χ2v) is 7.07. The van der Waals surface area contributed by atoms with Gasteiger partial charge in [-0.25, -0.2) is 0 Å². The van der Waals surface area contributed by atoms with Crippen LogP contribution in [0, 0.1) is 0 Å². The van der Waals surface area contributed by atoms with Crippen molar-refractivity contribution in [1.82, 2.24) is 9.80 Å². The molecule has 2 N–H and O–H groups in total. The first-order valence-corrected chi connectivity index (χ1v) is 8.51. The van der Waals surface area contributed by atoms with Crippen LogP contribution in [0.3, 0.4) is 0 Å². The fourth-order valence-electron chi connectivity index (χ4n) is 4.64. The Balaban J connectivity index is 1.79. The third kappa shape index (κ3) is 2.52. The van der Waals surface area contributed by atoms with Crippen molar-refractivity contribution in [2.75, 3.05) is 32.8 Å². The fourth-order valence-corrected chi connectivity index (χ4v) is 4.64. The van der Waals surface area contributed by atoms with E-state index in [2.05, 4.69) is 23.6 Å². The molecule has 0 aromatic rings. The molecule has 0 aromatic carbocycles. The minimum atomic E-state index is 0.226. The van der Waals surface area contributed by atoms with Gasteiger partial charge in [-0.1, -0.05) is 6.92 Å². The molecule has 0 spiro atoms. The molecule has 3 saturated heterocycles. The summed E-state index contributed by atoms with van der Waals surface area (Å²) in [4.78, 5) is 5.43. The number of piperidine rings is 1. The minimum absolute atomic E-state index is 0.226. The van der Waals surface area contributed by atoms with E-state index in [0.717, 1.165) is 25.7 Å². The summed E-state index contributed by atoms with van der Waals surface area (Å²) >= 11 is 0. The van der Waals surface area contributed by atoms with Crippen LogP contribution in [0.15, 0.2) is 0 Å². The second kappa shape index (κ2) is 5.91. The Kier molecular flexibility index (Phi) is 4.37. The number of nitrogens with zero attached hydrogens (tertiary/aromatic N) is 2. The first-order chi connectivity index (χ1) is 9.68. The van der Waals surface area contributed by atoms with Gasteiger partial charge in [0.05, 0.1) is 12.7 Å². The molecule has 0 saturated carbocycles. The van der Waals surface area contributed by atoms with E-state index in [1.165, 1.54) is 45.2 Å². The van der Waals surface area contributed by atoms with Gasteiger partial charge in [0.15, 0.2) is 0 Å². The van der Waals surface area contributed by atoms with E-state index >= 15 is 0 Å². The number of hydrogen-bond donors (Lipinski definition) is 1. The number of morpholine rings is 1. The molecular formula is C16H31N3O. The molecular weight excluding hydrogens is 250 g/mol. The topological polar surface area (TPSA) is 41.7 Å². The summed E-state index contributed by atoms with van der Waals surface area (Å²) in [6, 6.07) is 1.34. The van der Waals surface area contributed by atoms with Gasteiger partial charge in [0.25, 0.3) is 0 Å². The van der Waals surface area contributed by atoms with Crippen molar-refractivity contribution in [3.63, 3.8) is 0 Å². The van der Waals surface area contributed by atoms with Crippen molar-refractivity contribution in [3.8, 4) is 0 Å². The Morgan fingerprint density at radius 3 is 2.95 bits per heavy atom. The molecule has 3 aliphatic heterocycles. The standard InChI is InChI=1S/C16H31N3O/c1-3-14-11-20-13(2)10-19(14)16(12-17)6-8-18-7-4-5-15(18)9-16/h13-15H,3-12,17H2,1-2H3. The number of hydrogen-bond acceptors (Lipinski definition) is 4. The maximum Gasteiger partial charge on any atom is 0.0675 e. The van der Waals surface area contributed by atoms with Crippen LogP contribution in [0.25, 0.3) is 0 Å². The van der Waals surface area contributed by atoms with Crippen molar-refractivity contribution < 1.29 is 4.74 Å². The molecule has 0 radical (unpaired) electrons. The highest BCUT2D eigenvalue weighted by molar-refractivity contribution is 5.04. The van der Waals surface area contributed by atoms with E-state index < -0.39 is 0 Å². The van der Waals surface area contributed by atoms with Gasteiger partial charge in [0.2, 0.25) is 0 Å². The van der Waals surface area contributed by atoms with Crippen LogP contribution < -0.4 is 5.73 Å². The van der Waals surface area contributed by atoms with E-state index in [0.29, 0.717) is 12.1 Å². The zero-order chi connectivity index (χ0) is 14.2. The van der Waals surface area contributed by atoms with Gasteiger partial charge in [-0.3, -0.25) is 4.90 Å². The van der Waals surface area contributed by atoms with Crippen LogP contribution in [-0.4, -0.2) is 66.3 Å². The average Bonchev–Trinajstić information content (AvgIpc) is 2.94. The van der Waals surface area contributed by atoms with E-state index in [1.54, 1.807) is 0 Å². The van der Waals surface area contributed by atoms with Crippen LogP contribution in [-0.2, 0) is 4.74 Å². The Labute approximate surface area is 123 Å². The molecule has 3 rings (SSSR count). The molecule has 3 fully saturated rings. The van der Waals surface area contributed by atoms with E-state index in [9.17, 15) is 0 Å². The lowest BCUT2D eigenvalue weighted by atomic mass is 9.80. The number of rotatable bonds is 3. The number of nitrogens with two attached hydrogens (primary N) is 1. The molecule has 4 unspecified atom stereocenters. The molecule has 0 aliphatic carbocycles. The Bertz CT molecular complexity index is 338. The summed E-state index contributed by atoms with van der Waals surface area (Å²) in [6.07, 6.45) is 6.78. The molecule has 0 amide bonds. The number of ether oxygens (including phenoxy) is 1. The lowest BCUT2D eigenvalue weighted by Gasteiger charge is -2.55. The van der Waals surface area contributed by atoms with Crippen LogP contribution in [0.2, 0.25) is 0 Å². The predicted molar refractivity (Wildman–Crippen MR) is 81.8 cm³/mol. The van der Waals surface area contributed by atoms with Gasteiger partial charge < -0.3 is 15.4 Å². The third-order valence-electron chi connectivity index (χ3n) is 5.91. The predicted octanol–water partition coefficient (Wildman–Crippen LogP) is 1.44. The van der Waals surface area contributed by atoms with Gasteiger partial charge in [0.1, 0.15) is 0 Å². The SMILES string of the molecule is CCC1COC(C)CN1C1(CN)CCN2CCCC2C1. The largest absolute Gasteiger partial charge is 0.376 e. The highest BCUT2D eigenvalue weighted by Crippen LogP contribution is 2.38. The maximum absolute atomic E-state index is 6.31. The zero-order valence-corrected chi connectivity index (χ0v) is 13.2. The molecule has 0 aromatic heterocycles. The van der Waals surface area contributed by atoms with Crippen molar-refractivity contribution in [2.24, 2.45) is 5.73 Å². The van der Waals surface area contributed by atoms with Crippen molar-refractivity contribution in [1.29, 1.82) is 0 Å². The molecule has 4 atom stereocenters. The maximum atomic E-state index is 6.31. The summed E-state index contributed by atoms with van der Waals surface area (Å²) < 4.78 is 5.89. The molecule has 0 bridgehead atoms. The molecule has 116 valence electrons. The quantitative estimate of drug-likeness (QED) is 0.850. The lowest BCUT2D eigenvalue weighted by molar-refractivity contribution is -0.116. The lowest BCUT2D eigenvalue weighted by Crippen LogP contribution is -2.67. The van der Waals surface area contributed by atoms with Crippen LogP contribution >= 0.6 is 0 Å². The fraction of sp³-hybridized carbons (Fsp3) is 1.00. The highest BCUT2D eigenvalue weighted by Gasteiger charge is 2.47. The van der Waals surface area contributed by atoms with Crippen LogP contribution in [0.5, 0.6) is 0 Å². The molecule has 3 aliphatic rings. The average molecular weight is 281 g/mol. The molecule has 4 nitrogen and oxygen atoms in total. The van der Waals surface area contributed by atoms with E-state index in [-0.39, 0.29) is 5.54 Å². The Hall–Kier alpha value is -0.160. The monoisotopic (exact) mass is 281 g/mol. The normalized spacial score (nSPS) is 43.6.